The molecule has 0 aromatic rings. The number of methoxy groups -OCH3 is 1. The first-order valence-corrected chi connectivity index (χ1v) is 5.86. The lowest BCUT2D eigenvalue weighted by atomic mass is 9.76. The Balaban J connectivity index is 2.73. The van der Waals surface area contributed by atoms with E-state index in [2.05, 4.69) is 26.1 Å². The van der Waals surface area contributed by atoms with Crippen LogP contribution in [-0.2, 0) is 9.53 Å². The molecule has 0 radical (unpaired) electrons. The van der Waals surface area contributed by atoms with Gasteiger partial charge in [0, 0.05) is 6.04 Å². The van der Waals surface area contributed by atoms with Crippen LogP contribution in [0.25, 0.3) is 0 Å². The molecule has 1 N–H and O–H groups in total. The SMILES string of the molecule is COC(=O)C1(NC(C)C)CCC(C)CC1. The maximum atomic E-state index is 11.8. The quantitative estimate of drug-likeness (QED) is 0.730. The lowest BCUT2D eigenvalue weighted by molar-refractivity contribution is -0.151. The van der Waals surface area contributed by atoms with Gasteiger partial charge >= 0.3 is 5.97 Å². The number of esters is 1. The molecular formula is C12H23NO2. The number of hydrogen-bond acceptors (Lipinski definition) is 3. The molecule has 0 saturated heterocycles. The van der Waals surface area contributed by atoms with Crippen LogP contribution in [-0.4, -0.2) is 24.7 Å². The molecule has 1 saturated carbocycles. The Labute approximate surface area is 92.6 Å². The fourth-order valence-corrected chi connectivity index (χ4v) is 2.41. The monoisotopic (exact) mass is 213 g/mol. The smallest absolute Gasteiger partial charge is 0.326 e. The number of ether oxygens (including phenoxy) is 1. The van der Waals surface area contributed by atoms with Crippen molar-refractivity contribution in [3.8, 4) is 0 Å². The van der Waals surface area contributed by atoms with Crippen molar-refractivity contribution in [2.75, 3.05) is 7.11 Å². The zero-order valence-corrected chi connectivity index (χ0v) is 10.3. The van der Waals surface area contributed by atoms with E-state index in [9.17, 15) is 4.79 Å². The highest BCUT2D eigenvalue weighted by Crippen LogP contribution is 2.33. The average Bonchev–Trinajstić information content (AvgIpc) is 2.20. The molecule has 3 heteroatoms. The van der Waals surface area contributed by atoms with Gasteiger partial charge in [0.05, 0.1) is 7.11 Å². The minimum absolute atomic E-state index is 0.0944. The van der Waals surface area contributed by atoms with Crippen molar-refractivity contribution in [2.24, 2.45) is 5.92 Å². The highest BCUT2D eigenvalue weighted by Gasteiger charge is 2.42. The van der Waals surface area contributed by atoms with Gasteiger partial charge in [-0.05, 0) is 45.4 Å². The van der Waals surface area contributed by atoms with E-state index < -0.39 is 5.54 Å². The van der Waals surface area contributed by atoms with Crippen LogP contribution >= 0.6 is 0 Å². The van der Waals surface area contributed by atoms with Crippen molar-refractivity contribution >= 4 is 5.97 Å². The first kappa shape index (κ1) is 12.5. The molecule has 0 atom stereocenters. The number of carbonyl (C=O) groups excluding carboxylic acids is 1. The molecule has 0 aromatic carbocycles. The molecule has 0 spiro atoms. The molecule has 1 aliphatic rings. The summed E-state index contributed by atoms with van der Waals surface area (Å²) in [4.78, 5) is 11.8. The zero-order valence-electron chi connectivity index (χ0n) is 10.3. The Morgan fingerprint density at radius 3 is 2.33 bits per heavy atom. The van der Waals surface area contributed by atoms with Crippen LogP contribution < -0.4 is 5.32 Å². The molecule has 88 valence electrons. The first-order chi connectivity index (χ1) is 7.00. The Bertz CT molecular complexity index is 218. The fraction of sp³-hybridized carbons (Fsp3) is 0.917. The second-order valence-electron chi connectivity index (χ2n) is 5.06. The van der Waals surface area contributed by atoms with Gasteiger partial charge in [-0.1, -0.05) is 6.92 Å². The van der Waals surface area contributed by atoms with Gasteiger partial charge in [0.15, 0.2) is 0 Å². The third kappa shape index (κ3) is 2.94. The highest BCUT2D eigenvalue weighted by molar-refractivity contribution is 5.80. The lowest BCUT2D eigenvalue weighted by Crippen LogP contribution is -2.56. The lowest BCUT2D eigenvalue weighted by Gasteiger charge is -2.39. The Morgan fingerprint density at radius 1 is 1.40 bits per heavy atom. The predicted octanol–water partition coefficient (Wildman–Crippen LogP) is 2.11. The molecule has 1 fully saturated rings. The van der Waals surface area contributed by atoms with Gasteiger partial charge in [-0.2, -0.15) is 0 Å². The van der Waals surface area contributed by atoms with E-state index in [0.29, 0.717) is 6.04 Å². The molecule has 0 aliphatic heterocycles. The summed E-state index contributed by atoms with van der Waals surface area (Å²) in [5, 5.41) is 3.39. The average molecular weight is 213 g/mol. The summed E-state index contributed by atoms with van der Waals surface area (Å²) in [6.45, 7) is 6.39. The minimum atomic E-state index is -0.421. The van der Waals surface area contributed by atoms with Crippen molar-refractivity contribution < 1.29 is 9.53 Å². The number of rotatable bonds is 3. The number of nitrogens with one attached hydrogen (secondary N) is 1. The van der Waals surface area contributed by atoms with Crippen LogP contribution in [0.4, 0.5) is 0 Å². The summed E-state index contributed by atoms with van der Waals surface area (Å²) >= 11 is 0. The van der Waals surface area contributed by atoms with E-state index in [4.69, 9.17) is 4.74 Å². The Morgan fingerprint density at radius 2 is 1.93 bits per heavy atom. The number of carbonyl (C=O) groups is 1. The maximum absolute atomic E-state index is 11.8. The zero-order chi connectivity index (χ0) is 11.5. The predicted molar refractivity (Wildman–Crippen MR) is 60.7 cm³/mol. The summed E-state index contributed by atoms with van der Waals surface area (Å²) < 4.78 is 4.93. The summed E-state index contributed by atoms with van der Waals surface area (Å²) in [5.74, 6) is 0.639. The van der Waals surface area contributed by atoms with Crippen LogP contribution in [0, 0.1) is 5.92 Å². The Hall–Kier alpha value is -0.570. The molecule has 0 heterocycles. The fourth-order valence-electron chi connectivity index (χ4n) is 2.41. The molecule has 1 aliphatic carbocycles. The molecule has 0 amide bonds. The second kappa shape index (κ2) is 4.97. The van der Waals surface area contributed by atoms with E-state index in [1.807, 2.05) is 0 Å². The molecule has 3 nitrogen and oxygen atoms in total. The standard InChI is InChI=1S/C12H23NO2/c1-9(2)13-12(11(14)15-4)7-5-10(3)6-8-12/h9-10,13H,5-8H2,1-4H3. The summed E-state index contributed by atoms with van der Waals surface area (Å²) in [6, 6.07) is 0.317. The van der Waals surface area contributed by atoms with Gasteiger partial charge in [-0.15, -0.1) is 0 Å². The summed E-state index contributed by atoms with van der Waals surface area (Å²) in [6.07, 6.45) is 4.02. The van der Waals surface area contributed by atoms with E-state index in [1.165, 1.54) is 7.11 Å². The van der Waals surface area contributed by atoms with Crippen LogP contribution in [0.15, 0.2) is 0 Å². The normalized spacial score (nSPS) is 31.7. The second-order valence-corrected chi connectivity index (χ2v) is 5.06. The third-order valence-electron chi connectivity index (χ3n) is 3.27. The maximum Gasteiger partial charge on any atom is 0.326 e. The molecule has 0 unspecified atom stereocenters. The molecule has 0 aromatic heterocycles. The largest absolute Gasteiger partial charge is 0.468 e. The molecular weight excluding hydrogens is 190 g/mol. The van der Waals surface area contributed by atoms with Crippen molar-refractivity contribution in [1.29, 1.82) is 0 Å². The highest BCUT2D eigenvalue weighted by atomic mass is 16.5. The van der Waals surface area contributed by atoms with Crippen molar-refractivity contribution in [3.63, 3.8) is 0 Å². The van der Waals surface area contributed by atoms with Crippen LogP contribution in [0.1, 0.15) is 46.5 Å². The van der Waals surface area contributed by atoms with Crippen LogP contribution in [0.3, 0.4) is 0 Å². The van der Waals surface area contributed by atoms with Crippen LogP contribution in [0.5, 0.6) is 0 Å². The van der Waals surface area contributed by atoms with Gasteiger partial charge in [-0.25, -0.2) is 0 Å². The number of hydrogen-bond donors (Lipinski definition) is 1. The minimum Gasteiger partial charge on any atom is -0.468 e. The first-order valence-electron chi connectivity index (χ1n) is 5.86. The molecule has 15 heavy (non-hydrogen) atoms. The van der Waals surface area contributed by atoms with Crippen molar-refractivity contribution in [2.45, 2.75) is 58.0 Å². The summed E-state index contributed by atoms with van der Waals surface area (Å²) in [7, 11) is 1.48. The van der Waals surface area contributed by atoms with E-state index in [-0.39, 0.29) is 5.97 Å². The van der Waals surface area contributed by atoms with E-state index in [0.717, 1.165) is 31.6 Å². The Kier molecular flexibility index (Phi) is 4.14. The molecule has 1 rings (SSSR count). The van der Waals surface area contributed by atoms with Crippen molar-refractivity contribution in [1.82, 2.24) is 5.32 Å². The third-order valence-corrected chi connectivity index (χ3v) is 3.27. The van der Waals surface area contributed by atoms with E-state index in [1.54, 1.807) is 0 Å². The molecule has 0 bridgehead atoms. The van der Waals surface area contributed by atoms with Gasteiger partial charge < -0.3 is 4.74 Å². The van der Waals surface area contributed by atoms with Gasteiger partial charge in [0.25, 0.3) is 0 Å². The summed E-state index contributed by atoms with van der Waals surface area (Å²) in [5.41, 5.74) is -0.421. The van der Waals surface area contributed by atoms with Crippen LogP contribution in [0.2, 0.25) is 0 Å². The van der Waals surface area contributed by atoms with E-state index >= 15 is 0 Å². The van der Waals surface area contributed by atoms with Gasteiger partial charge in [-0.3, -0.25) is 10.1 Å². The van der Waals surface area contributed by atoms with Crippen molar-refractivity contribution in [3.05, 3.63) is 0 Å². The van der Waals surface area contributed by atoms with Gasteiger partial charge in [0.2, 0.25) is 0 Å². The topological polar surface area (TPSA) is 38.3 Å². The van der Waals surface area contributed by atoms with Gasteiger partial charge in [0.1, 0.15) is 5.54 Å².